The molecule has 160 valence electrons. The molecule has 2 N–H and O–H groups in total. The lowest BCUT2D eigenvalue weighted by atomic mass is 10.2. The van der Waals surface area contributed by atoms with E-state index in [0.29, 0.717) is 5.56 Å². The van der Waals surface area contributed by atoms with E-state index in [-0.39, 0.29) is 35.0 Å². The quantitative estimate of drug-likeness (QED) is 0.480. The van der Waals surface area contributed by atoms with Gasteiger partial charge in [0.1, 0.15) is 18.0 Å². The largest absolute Gasteiger partial charge is 0.452 e. The average Bonchev–Trinajstić information content (AvgIpc) is 3.13. The Morgan fingerprint density at radius 2 is 1.72 bits per heavy atom. The van der Waals surface area contributed by atoms with Crippen molar-refractivity contribution in [3.05, 3.63) is 100.0 Å². The van der Waals surface area contributed by atoms with Crippen molar-refractivity contribution in [2.45, 2.75) is 6.54 Å². The van der Waals surface area contributed by atoms with E-state index in [1.807, 2.05) is 6.07 Å². The normalized spacial score (nSPS) is 10.7. The number of nitrogens with two attached hydrogens (primary N) is 1. The predicted molar refractivity (Wildman–Crippen MR) is 109 cm³/mol. The van der Waals surface area contributed by atoms with E-state index in [0.717, 1.165) is 33.8 Å². The number of nitrogens with zero attached hydrogens (tertiary/aromatic N) is 4. The predicted octanol–water partition coefficient (Wildman–Crippen LogP) is 3.75. The second-order valence-corrected chi connectivity index (χ2v) is 6.73. The van der Waals surface area contributed by atoms with E-state index in [4.69, 9.17) is 15.7 Å². The summed E-state index contributed by atoms with van der Waals surface area (Å²) in [4.78, 5) is 12.6. The van der Waals surface area contributed by atoms with Crippen molar-refractivity contribution >= 4 is 5.69 Å². The van der Waals surface area contributed by atoms with Gasteiger partial charge in [0, 0.05) is 11.6 Å². The van der Waals surface area contributed by atoms with Crippen LogP contribution >= 0.6 is 0 Å². The Kier molecular flexibility index (Phi) is 5.39. The molecule has 3 aromatic carbocycles. The number of hydrogen-bond acceptors (Lipinski definition) is 5. The lowest BCUT2D eigenvalue weighted by molar-refractivity contribution is 0.443. The second-order valence-electron chi connectivity index (χ2n) is 6.73. The number of nitriles is 1. The zero-order chi connectivity index (χ0) is 22.8. The highest BCUT2D eigenvalue weighted by Gasteiger charge is 2.15. The molecule has 0 aliphatic rings. The third kappa shape index (κ3) is 3.91. The third-order valence-electron chi connectivity index (χ3n) is 4.64. The van der Waals surface area contributed by atoms with E-state index >= 15 is 0 Å². The lowest BCUT2D eigenvalue weighted by Gasteiger charge is -2.10. The summed E-state index contributed by atoms with van der Waals surface area (Å²) in [5.41, 5.74) is 5.38. The van der Waals surface area contributed by atoms with Crippen molar-refractivity contribution in [2.75, 3.05) is 5.73 Å². The minimum absolute atomic E-state index is 0.0837. The summed E-state index contributed by atoms with van der Waals surface area (Å²) in [5.74, 6) is -2.39. The molecule has 7 nitrogen and oxygen atoms in total. The molecule has 0 amide bonds. The van der Waals surface area contributed by atoms with Crippen LogP contribution in [0.2, 0.25) is 0 Å². The Morgan fingerprint density at radius 3 is 2.38 bits per heavy atom. The Labute approximate surface area is 179 Å². The van der Waals surface area contributed by atoms with Crippen LogP contribution in [0.25, 0.3) is 5.69 Å². The van der Waals surface area contributed by atoms with Gasteiger partial charge in [-0.3, -0.25) is 4.57 Å². The SMILES string of the molecule is N#Cc1ccc(Oc2ccc(-n3ncn(Cc4c(F)cccc4F)c3=O)cc2F)c(N)c1. The van der Waals surface area contributed by atoms with Gasteiger partial charge in [0.2, 0.25) is 0 Å². The molecular weight excluding hydrogens is 423 g/mol. The molecule has 4 aromatic rings. The monoisotopic (exact) mass is 437 g/mol. The zero-order valence-corrected chi connectivity index (χ0v) is 16.3. The minimum atomic E-state index is -0.798. The fourth-order valence-electron chi connectivity index (χ4n) is 3.01. The minimum Gasteiger partial charge on any atom is -0.452 e. The topological polar surface area (TPSA) is 98.9 Å². The van der Waals surface area contributed by atoms with Gasteiger partial charge in [-0.15, -0.1) is 0 Å². The van der Waals surface area contributed by atoms with Crippen molar-refractivity contribution in [3.8, 4) is 23.3 Å². The molecule has 0 atom stereocenters. The molecule has 0 spiro atoms. The molecule has 0 aliphatic heterocycles. The van der Waals surface area contributed by atoms with E-state index in [1.54, 1.807) is 0 Å². The van der Waals surface area contributed by atoms with E-state index < -0.39 is 23.1 Å². The Morgan fingerprint density at radius 1 is 1.00 bits per heavy atom. The van der Waals surface area contributed by atoms with Gasteiger partial charge in [0.25, 0.3) is 0 Å². The summed E-state index contributed by atoms with van der Waals surface area (Å²) in [7, 11) is 0. The molecule has 1 heterocycles. The highest BCUT2D eigenvalue weighted by molar-refractivity contribution is 5.58. The molecule has 0 unspecified atom stereocenters. The Balaban J connectivity index is 1.60. The van der Waals surface area contributed by atoms with Crippen LogP contribution in [0.3, 0.4) is 0 Å². The molecular formula is C22H14F3N5O2. The molecule has 32 heavy (non-hydrogen) atoms. The fraction of sp³-hybridized carbons (Fsp3) is 0.0455. The molecule has 0 saturated heterocycles. The first-order valence-corrected chi connectivity index (χ1v) is 9.22. The summed E-state index contributed by atoms with van der Waals surface area (Å²) in [6.45, 7) is -0.376. The first kappa shape index (κ1) is 20.7. The van der Waals surface area contributed by atoms with Crippen molar-refractivity contribution in [2.24, 2.45) is 0 Å². The third-order valence-corrected chi connectivity index (χ3v) is 4.64. The number of rotatable bonds is 5. The summed E-state index contributed by atoms with van der Waals surface area (Å²) in [6, 6.07) is 13.3. The van der Waals surface area contributed by atoms with Gasteiger partial charge in [-0.05, 0) is 42.5 Å². The number of halogens is 3. The molecule has 10 heteroatoms. The van der Waals surface area contributed by atoms with Crippen LogP contribution in [-0.4, -0.2) is 14.3 Å². The summed E-state index contributed by atoms with van der Waals surface area (Å²) in [6.07, 6.45) is 1.11. The second kappa shape index (κ2) is 8.31. The highest BCUT2D eigenvalue weighted by atomic mass is 19.1. The smallest absolute Gasteiger partial charge is 0.350 e. The highest BCUT2D eigenvalue weighted by Crippen LogP contribution is 2.30. The van der Waals surface area contributed by atoms with Gasteiger partial charge in [-0.25, -0.2) is 18.0 Å². The first-order chi connectivity index (χ1) is 15.4. The van der Waals surface area contributed by atoms with Gasteiger partial charge in [-0.2, -0.15) is 15.0 Å². The molecule has 0 bridgehead atoms. The average molecular weight is 437 g/mol. The summed E-state index contributed by atoms with van der Waals surface area (Å²) >= 11 is 0. The number of benzene rings is 3. The molecule has 4 rings (SSSR count). The lowest BCUT2D eigenvalue weighted by Crippen LogP contribution is -2.24. The summed E-state index contributed by atoms with van der Waals surface area (Å²) < 4.78 is 49.7. The van der Waals surface area contributed by atoms with Crippen LogP contribution in [0.1, 0.15) is 11.1 Å². The maximum atomic E-state index is 14.6. The molecule has 0 aliphatic carbocycles. The van der Waals surface area contributed by atoms with Crippen molar-refractivity contribution in [1.82, 2.24) is 14.3 Å². The number of aromatic nitrogens is 3. The standard InChI is InChI=1S/C22H14F3N5O2/c23-16-2-1-3-17(24)15(16)11-29-12-28-30(22(29)31)14-5-7-20(18(25)9-14)32-21-6-4-13(10-26)8-19(21)27/h1-9,12H,11,27H2. The van der Waals surface area contributed by atoms with Crippen molar-refractivity contribution in [3.63, 3.8) is 0 Å². The van der Waals surface area contributed by atoms with Crippen LogP contribution < -0.4 is 16.2 Å². The zero-order valence-electron chi connectivity index (χ0n) is 16.3. The molecule has 0 saturated carbocycles. The Bertz CT molecular complexity index is 1400. The van der Waals surface area contributed by atoms with Gasteiger partial charge >= 0.3 is 5.69 Å². The number of hydrogen-bond donors (Lipinski definition) is 1. The number of nitrogen functional groups attached to an aromatic ring is 1. The van der Waals surface area contributed by atoms with Crippen molar-refractivity contribution in [1.29, 1.82) is 5.26 Å². The van der Waals surface area contributed by atoms with Crippen LogP contribution in [0.15, 0.2) is 65.7 Å². The number of anilines is 1. The van der Waals surface area contributed by atoms with Crippen LogP contribution in [0, 0.1) is 28.8 Å². The van der Waals surface area contributed by atoms with Crippen LogP contribution in [0.4, 0.5) is 18.9 Å². The van der Waals surface area contributed by atoms with Crippen LogP contribution in [-0.2, 0) is 6.54 Å². The molecule has 0 radical (unpaired) electrons. The van der Waals surface area contributed by atoms with Crippen LogP contribution in [0.5, 0.6) is 11.5 Å². The Hall–Kier alpha value is -4.52. The van der Waals surface area contributed by atoms with Gasteiger partial charge in [-0.1, -0.05) is 6.07 Å². The van der Waals surface area contributed by atoms with E-state index in [2.05, 4.69) is 5.10 Å². The first-order valence-electron chi connectivity index (χ1n) is 9.22. The number of ether oxygens (including phenoxy) is 1. The van der Waals surface area contributed by atoms with E-state index in [9.17, 15) is 18.0 Å². The molecule has 0 fully saturated rings. The van der Waals surface area contributed by atoms with Gasteiger partial charge in [0.05, 0.1) is 29.6 Å². The van der Waals surface area contributed by atoms with E-state index in [1.165, 1.54) is 36.4 Å². The van der Waals surface area contributed by atoms with Gasteiger partial charge in [0.15, 0.2) is 17.3 Å². The maximum absolute atomic E-state index is 14.6. The fourth-order valence-corrected chi connectivity index (χ4v) is 3.01. The molecule has 1 aromatic heterocycles. The van der Waals surface area contributed by atoms with Crippen molar-refractivity contribution < 1.29 is 17.9 Å². The summed E-state index contributed by atoms with van der Waals surface area (Å²) in [5, 5.41) is 12.8. The maximum Gasteiger partial charge on any atom is 0.350 e. The van der Waals surface area contributed by atoms with Gasteiger partial charge < -0.3 is 10.5 Å².